The number of ether oxygens (including phenoxy) is 2. The van der Waals surface area contributed by atoms with E-state index in [1.165, 1.54) is 0 Å². The third kappa shape index (κ3) is 5.22. The van der Waals surface area contributed by atoms with Crippen LogP contribution in [-0.2, 0) is 20.7 Å². The van der Waals surface area contributed by atoms with Crippen molar-refractivity contribution in [2.45, 2.75) is 32.6 Å². The van der Waals surface area contributed by atoms with Gasteiger partial charge in [-0.2, -0.15) is 0 Å². The molecule has 1 unspecified atom stereocenters. The lowest BCUT2D eigenvalue weighted by atomic mass is 9.95. The molecular weight excluding hydrogens is 344 g/mol. The first-order valence-corrected chi connectivity index (χ1v) is 10.0. The van der Waals surface area contributed by atoms with Gasteiger partial charge in [-0.15, -0.1) is 0 Å². The summed E-state index contributed by atoms with van der Waals surface area (Å²) in [6.45, 7) is 6.42. The Balaban J connectivity index is 1.53. The van der Waals surface area contributed by atoms with Crippen LogP contribution in [0.1, 0.15) is 31.7 Å². The summed E-state index contributed by atoms with van der Waals surface area (Å²) in [6, 6.07) is 7.88. The highest BCUT2D eigenvalue weighted by Gasteiger charge is 2.31. The van der Waals surface area contributed by atoms with Gasteiger partial charge in [0, 0.05) is 32.6 Å². The lowest BCUT2D eigenvalue weighted by Crippen LogP contribution is -2.49. The monoisotopic (exact) mass is 374 g/mol. The molecule has 1 aromatic rings. The van der Waals surface area contributed by atoms with Crippen molar-refractivity contribution in [3.63, 3.8) is 0 Å². The second-order valence-electron chi connectivity index (χ2n) is 7.16. The van der Waals surface area contributed by atoms with E-state index in [1.54, 1.807) is 0 Å². The molecular formula is C21H30N2O4. The molecule has 1 atom stereocenters. The molecule has 2 fully saturated rings. The molecule has 2 aliphatic heterocycles. The van der Waals surface area contributed by atoms with Crippen LogP contribution in [0.2, 0.25) is 0 Å². The van der Waals surface area contributed by atoms with Gasteiger partial charge in [0.05, 0.1) is 25.7 Å². The number of carbonyl (C=O) groups is 2. The summed E-state index contributed by atoms with van der Waals surface area (Å²) in [5, 5.41) is 0. The van der Waals surface area contributed by atoms with Crippen LogP contribution in [-0.4, -0.2) is 67.6 Å². The highest BCUT2D eigenvalue weighted by atomic mass is 16.5. The predicted molar refractivity (Wildman–Crippen MR) is 103 cm³/mol. The lowest BCUT2D eigenvalue weighted by Gasteiger charge is -2.36. The topological polar surface area (TPSA) is 59.1 Å². The molecule has 0 saturated carbocycles. The van der Waals surface area contributed by atoms with Crippen molar-refractivity contribution in [3.05, 3.63) is 29.8 Å². The molecule has 6 heteroatoms. The first kappa shape index (κ1) is 19.7. The fourth-order valence-corrected chi connectivity index (χ4v) is 3.85. The zero-order chi connectivity index (χ0) is 19.1. The zero-order valence-corrected chi connectivity index (χ0v) is 16.2. The van der Waals surface area contributed by atoms with Crippen LogP contribution < -0.4 is 4.74 Å². The zero-order valence-electron chi connectivity index (χ0n) is 16.2. The molecule has 3 rings (SSSR count). The Morgan fingerprint density at radius 3 is 2.70 bits per heavy atom. The predicted octanol–water partition coefficient (Wildman–Crippen LogP) is 2.12. The SMILES string of the molecule is CCOc1ccccc1CCC(=O)N1CCCC(C(=O)N2CCOCC2)C1. The molecule has 1 aromatic carbocycles. The maximum absolute atomic E-state index is 12.7. The van der Waals surface area contributed by atoms with E-state index in [-0.39, 0.29) is 17.7 Å². The van der Waals surface area contributed by atoms with E-state index in [2.05, 4.69) is 0 Å². The Hall–Kier alpha value is -2.08. The largest absolute Gasteiger partial charge is 0.494 e. The summed E-state index contributed by atoms with van der Waals surface area (Å²) in [4.78, 5) is 29.2. The second-order valence-corrected chi connectivity index (χ2v) is 7.16. The summed E-state index contributed by atoms with van der Waals surface area (Å²) in [5.41, 5.74) is 1.06. The van der Waals surface area contributed by atoms with Crippen LogP contribution in [0.5, 0.6) is 5.75 Å². The Bertz CT molecular complexity index is 643. The number of aryl methyl sites for hydroxylation is 1. The van der Waals surface area contributed by atoms with Crippen LogP contribution in [0, 0.1) is 5.92 Å². The normalized spacial score (nSPS) is 20.4. The number of para-hydroxylation sites is 1. The minimum atomic E-state index is -0.0727. The maximum Gasteiger partial charge on any atom is 0.227 e. The van der Waals surface area contributed by atoms with E-state index in [4.69, 9.17) is 9.47 Å². The fourth-order valence-electron chi connectivity index (χ4n) is 3.85. The molecule has 27 heavy (non-hydrogen) atoms. The highest BCUT2D eigenvalue weighted by Crippen LogP contribution is 2.23. The molecule has 6 nitrogen and oxygen atoms in total. The third-order valence-corrected chi connectivity index (χ3v) is 5.33. The van der Waals surface area contributed by atoms with E-state index in [9.17, 15) is 9.59 Å². The molecule has 2 heterocycles. The van der Waals surface area contributed by atoms with Gasteiger partial charge in [0.2, 0.25) is 11.8 Å². The molecule has 0 aliphatic carbocycles. The van der Waals surface area contributed by atoms with Gasteiger partial charge in [-0.05, 0) is 37.8 Å². The Morgan fingerprint density at radius 1 is 1.15 bits per heavy atom. The van der Waals surface area contributed by atoms with Crippen molar-refractivity contribution in [1.82, 2.24) is 9.80 Å². The van der Waals surface area contributed by atoms with E-state index in [0.29, 0.717) is 52.3 Å². The van der Waals surface area contributed by atoms with Crippen LogP contribution >= 0.6 is 0 Å². The molecule has 2 aliphatic rings. The van der Waals surface area contributed by atoms with Gasteiger partial charge < -0.3 is 19.3 Å². The number of nitrogens with zero attached hydrogens (tertiary/aromatic N) is 2. The van der Waals surface area contributed by atoms with Crippen LogP contribution in [0.15, 0.2) is 24.3 Å². The molecule has 2 amide bonds. The maximum atomic E-state index is 12.7. The number of amides is 2. The van der Waals surface area contributed by atoms with Crippen LogP contribution in [0.3, 0.4) is 0 Å². The number of carbonyl (C=O) groups excluding carboxylic acids is 2. The van der Waals surface area contributed by atoms with E-state index < -0.39 is 0 Å². The molecule has 148 valence electrons. The number of piperidine rings is 1. The molecule has 2 saturated heterocycles. The number of morpholine rings is 1. The fraction of sp³-hybridized carbons (Fsp3) is 0.619. The van der Waals surface area contributed by atoms with Gasteiger partial charge in [0.1, 0.15) is 5.75 Å². The lowest BCUT2D eigenvalue weighted by molar-refractivity contribution is -0.144. The molecule has 0 spiro atoms. The summed E-state index contributed by atoms with van der Waals surface area (Å²) < 4.78 is 11.0. The Kier molecular flexibility index (Phi) is 7.10. The number of rotatable bonds is 6. The first-order chi connectivity index (χ1) is 13.2. The highest BCUT2D eigenvalue weighted by molar-refractivity contribution is 5.81. The minimum Gasteiger partial charge on any atom is -0.494 e. The quantitative estimate of drug-likeness (QED) is 0.765. The smallest absolute Gasteiger partial charge is 0.227 e. The number of hydrogen-bond acceptors (Lipinski definition) is 4. The van der Waals surface area contributed by atoms with Crippen LogP contribution in [0.25, 0.3) is 0 Å². The third-order valence-electron chi connectivity index (χ3n) is 5.33. The van der Waals surface area contributed by atoms with Crippen molar-refractivity contribution in [1.29, 1.82) is 0 Å². The van der Waals surface area contributed by atoms with E-state index in [1.807, 2.05) is 41.0 Å². The van der Waals surface area contributed by atoms with Crippen molar-refractivity contribution >= 4 is 11.8 Å². The average Bonchev–Trinajstić information content (AvgIpc) is 2.73. The number of likely N-dealkylation sites (tertiary alicyclic amines) is 1. The Labute approximate surface area is 161 Å². The van der Waals surface area contributed by atoms with Gasteiger partial charge in [0.15, 0.2) is 0 Å². The molecule has 0 bridgehead atoms. The van der Waals surface area contributed by atoms with Crippen molar-refractivity contribution < 1.29 is 19.1 Å². The summed E-state index contributed by atoms with van der Waals surface area (Å²) in [6.07, 6.45) is 2.87. The standard InChI is InChI=1S/C21H30N2O4/c1-2-27-19-8-4-3-6-17(19)9-10-20(24)23-11-5-7-18(16-23)21(25)22-12-14-26-15-13-22/h3-4,6,8,18H,2,5,7,9-16H2,1H3. The molecule has 0 aromatic heterocycles. The first-order valence-electron chi connectivity index (χ1n) is 10.0. The minimum absolute atomic E-state index is 0.0727. The second kappa shape index (κ2) is 9.74. The van der Waals surface area contributed by atoms with Gasteiger partial charge in [-0.25, -0.2) is 0 Å². The van der Waals surface area contributed by atoms with E-state index >= 15 is 0 Å². The molecule has 0 N–H and O–H groups in total. The van der Waals surface area contributed by atoms with Crippen molar-refractivity contribution in [2.24, 2.45) is 5.92 Å². The van der Waals surface area contributed by atoms with E-state index in [0.717, 1.165) is 30.7 Å². The summed E-state index contributed by atoms with van der Waals surface area (Å²) in [7, 11) is 0. The number of benzene rings is 1. The number of hydrogen-bond donors (Lipinski definition) is 0. The summed E-state index contributed by atoms with van der Waals surface area (Å²) in [5.74, 6) is 1.08. The average molecular weight is 374 g/mol. The summed E-state index contributed by atoms with van der Waals surface area (Å²) >= 11 is 0. The van der Waals surface area contributed by atoms with Crippen molar-refractivity contribution in [3.8, 4) is 5.75 Å². The van der Waals surface area contributed by atoms with Crippen LogP contribution in [0.4, 0.5) is 0 Å². The van der Waals surface area contributed by atoms with Gasteiger partial charge in [-0.3, -0.25) is 9.59 Å². The van der Waals surface area contributed by atoms with Gasteiger partial charge in [-0.1, -0.05) is 18.2 Å². The van der Waals surface area contributed by atoms with Gasteiger partial charge >= 0.3 is 0 Å². The molecule has 0 radical (unpaired) electrons. The van der Waals surface area contributed by atoms with Gasteiger partial charge in [0.25, 0.3) is 0 Å². The van der Waals surface area contributed by atoms with Crippen molar-refractivity contribution in [2.75, 3.05) is 46.0 Å². The Morgan fingerprint density at radius 2 is 1.93 bits per heavy atom.